The molecule has 9 aromatic carbocycles. The minimum atomic E-state index is -0.251. The van der Waals surface area contributed by atoms with Gasteiger partial charge in [-0.25, -0.2) is 0 Å². The highest BCUT2D eigenvalue weighted by molar-refractivity contribution is 6.09. The van der Waals surface area contributed by atoms with Crippen molar-refractivity contribution in [3.63, 3.8) is 0 Å². The van der Waals surface area contributed by atoms with Gasteiger partial charge in [0.05, 0.1) is 5.69 Å². The van der Waals surface area contributed by atoms with Crippen molar-refractivity contribution in [2.45, 2.75) is 38.5 Å². The van der Waals surface area contributed by atoms with Gasteiger partial charge in [-0.1, -0.05) is 173 Å². The van der Waals surface area contributed by atoms with Gasteiger partial charge in [0.1, 0.15) is 11.2 Å². The Labute approximate surface area is 363 Å². The van der Waals surface area contributed by atoms with Crippen molar-refractivity contribution in [3.8, 4) is 55.6 Å². The Morgan fingerprint density at radius 2 is 0.887 bits per heavy atom. The van der Waals surface area contributed by atoms with E-state index in [0.29, 0.717) is 0 Å². The number of furan rings is 1. The molecule has 0 atom stereocenters. The number of nitrogens with zero attached hydrogens (tertiary/aromatic N) is 1. The Morgan fingerprint density at radius 3 is 1.61 bits per heavy atom. The fourth-order valence-corrected chi connectivity index (χ4v) is 10.6. The van der Waals surface area contributed by atoms with E-state index in [1.54, 1.807) is 0 Å². The lowest BCUT2D eigenvalue weighted by Gasteiger charge is -2.30. The highest BCUT2D eigenvalue weighted by atomic mass is 16.3. The quantitative estimate of drug-likeness (QED) is 0.167. The lowest BCUT2D eigenvalue weighted by molar-refractivity contribution is 0.652. The van der Waals surface area contributed by atoms with Crippen molar-refractivity contribution in [1.29, 1.82) is 0 Å². The molecule has 0 aliphatic heterocycles. The van der Waals surface area contributed by atoms with Crippen molar-refractivity contribution >= 4 is 39.0 Å². The van der Waals surface area contributed by atoms with E-state index in [2.05, 4.69) is 227 Å². The lowest BCUT2D eigenvalue weighted by atomic mass is 9.79. The van der Waals surface area contributed by atoms with Crippen molar-refractivity contribution in [3.05, 3.63) is 222 Å². The van der Waals surface area contributed by atoms with Crippen LogP contribution in [-0.2, 0) is 10.8 Å². The number of fused-ring (bicyclic) bond motifs is 9. The second kappa shape index (κ2) is 13.5. The molecule has 2 heteroatoms. The van der Waals surface area contributed by atoms with Crippen molar-refractivity contribution in [1.82, 2.24) is 0 Å². The van der Waals surface area contributed by atoms with Gasteiger partial charge in [0.2, 0.25) is 0 Å². The third-order valence-electron chi connectivity index (χ3n) is 13.9. The van der Waals surface area contributed by atoms with E-state index >= 15 is 0 Å². The first-order chi connectivity index (χ1) is 30.3. The monoisotopic (exact) mass is 795 g/mol. The second-order valence-electron chi connectivity index (χ2n) is 18.1. The van der Waals surface area contributed by atoms with Crippen LogP contribution in [-0.4, -0.2) is 0 Å². The molecule has 0 fully saturated rings. The summed E-state index contributed by atoms with van der Waals surface area (Å²) in [6.45, 7) is 9.61. The molecule has 0 N–H and O–H groups in total. The lowest BCUT2D eigenvalue weighted by Crippen LogP contribution is -2.17. The van der Waals surface area contributed by atoms with Gasteiger partial charge in [0.15, 0.2) is 0 Å². The Morgan fingerprint density at radius 1 is 0.355 bits per heavy atom. The fraction of sp³-hybridized carbons (Fsp3) is 0.100. The van der Waals surface area contributed by atoms with E-state index in [1.807, 2.05) is 6.07 Å². The van der Waals surface area contributed by atoms with Crippen LogP contribution in [0.1, 0.15) is 49.9 Å². The number of hydrogen-bond acceptors (Lipinski definition) is 2. The minimum absolute atomic E-state index is 0.122. The van der Waals surface area contributed by atoms with Crippen LogP contribution in [0.2, 0.25) is 0 Å². The molecule has 62 heavy (non-hydrogen) atoms. The van der Waals surface area contributed by atoms with Gasteiger partial charge in [-0.2, -0.15) is 0 Å². The number of para-hydroxylation sites is 2. The summed E-state index contributed by atoms with van der Waals surface area (Å²) in [6.07, 6.45) is 0. The molecule has 0 radical (unpaired) electrons. The van der Waals surface area contributed by atoms with Gasteiger partial charge in [-0.05, 0) is 121 Å². The van der Waals surface area contributed by atoms with E-state index in [0.717, 1.165) is 44.4 Å². The standard InChI is InChI=1S/C60H45NO/c1-59(2)51-24-13-11-20-46(51)49-36-53-50(37-52(49)59)57-54(60(53,3)4)34-42(39-18-9-6-10-19-39)35-55(57)61(43-30-26-40(27-31-43)38-16-7-5-8-17-38)44-32-28-41(29-33-44)45-22-15-23-48-47-21-12-14-25-56(47)62-58(45)48/h5-37H,1-4H3. The van der Waals surface area contributed by atoms with Crippen LogP contribution in [0.3, 0.4) is 0 Å². The van der Waals surface area contributed by atoms with E-state index in [4.69, 9.17) is 4.42 Å². The van der Waals surface area contributed by atoms with E-state index in [-0.39, 0.29) is 10.8 Å². The summed E-state index contributed by atoms with van der Waals surface area (Å²) in [5.41, 5.74) is 22.6. The summed E-state index contributed by atoms with van der Waals surface area (Å²) >= 11 is 0. The SMILES string of the molecule is CC1(C)c2ccccc2-c2cc3c(cc21)-c1c(N(c2ccc(-c4ccccc4)cc2)c2ccc(-c4cccc5c4oc4ccccc45)cc2)cc(-c2ccccc2)cc1C3(C)C. The number of rotatable bonds is 6. The van der Waals surface area contributed by atoms with Crippen molar-refractivity contribution < 1.29 is 4.42 Å². The highest BCUT2D eigenvalue weighted by Gasteiger charge is 2.43. The minimum Gasteiger partial charge on any atom is -0.455 e. The summed E-state index contributed by atoms with van der Waals surface area (Å²) in [5, 5.41) is 2.27. The average Bonchev–Trinajstić information content (AvgIpc) is 3.89. The zero-order chi connectivity index (χ0) is 41.7. The molecular formula is C60H45NO. The molecule has 2 aliphatic rings. The van der Waals surface area contributed by atoms with E-state index in [9.17, 15) is 0 Å². The Bertz CT molecular complexity index is 3370. The molecular weight excluding hydrogens is 751 g/mol. The zero-order valence-electron chi connectivity index (χ0n) is 35.4. The largest absolute Gasteiger partial charge is 0.455 e. The molecule has 0 saturated carbocycles. The summed E-state index contributed by atoms with van der Waals surface area (Å²) < 4.78 is 6.52. The number of benzene rings is 9. The maximum atomic E-state index is 6.52. The van der Waals surface area contributed by atoms with Crippen molar-refractivity contribution in [2.75, 3.05) is 4.90 Å². The van der Waals surface area contributed by atoms with Crippen LogP contribution >= 0.6 is 0 Å². The Balaban J connectivity index is 1.09. The van der Waals surface area contributed by atoms with Gasteiger partial charge in [0, 0.05) is 44.1 Å². The number of hydrogen-bond donors (Lipinski definition) is 0. The summed E-state index contributed by atoms with van der Waals surface area (Å²) in [7, 11) is 0. The highest BCUT2D eigenvalue weighted by Crippen LogP contribution is 2.59. The summed E-state index contributed by atoms with van der Waals surface area (Å²) in [5.74, 6) is 0. The van der Waals surface area contributed by atoms with Crippen molar-refractivity contribution in [2.24, 2.45) is 0 Å². The van der Waals surface area contributed by atoms with Crippen LogP contribution in [0.4, 0.5) is 17.1 Å². The molecule has 1 aromatic heterocycles. The van der Waals surface area contributed by atoms with Gasteiger partial charge in [-0.3, -0.25) is 0 Å². The maximum absolute atomic E-state index is 6.52. The van der Waals surface area contributed by atoms with Gasteiger partial charge >= 0.3 is 0 Å². The van der Waals surface area contributed by atoms with Gasteiger partial charge in [-0.15, -0.1) is 0 Å². The molecule has 0 spiro atoms. The molecule has 1 heterocycles. The molecule has 0 amide bonds. The van der Waals surface area contributed by atoms with Crippen LogP contribution in [0.15, 0.2) is 205 Å². The van der Waals surface area contributed by atoms with E-state index < -0.39 is 0 Å². The Kier molecular flexibility index (Phi) is 7.96. The first-order valence-electron chi connectivity index (χ1n) is 21.8. The predicted octanol–water partition coefficient (Wildman–Crippen LogP) is 16.7. The van der Waals surface area contributed by atoms with Gasteiger partial charge < -0.3 is 9.32 Å². The van der Waals surface area contributed by atoms with E-state index in [1.165, 1.54) is 72.4 Å². The molecule has 296 valence electrons. The molecule has 2 nitrogen and oxygen atoms in total. The molecule has 12 rings (SSSR count). The molecule has 0 bridgehead atoms. The van der Waals surface area contributed by atoms with Crippen LogP contribution in [0, 0.1) is 0 Å². The third-order valence-corrected chi connectivity index (χ3v) is 13.9. The zero-order valence-corrected chi connectivity index (χ0v) is 35.4. The predicted molar refractivity (Wildman–Crippen MR) is 260 cm³/mol. The van der Waals surface area contributed by atoms with Crippen LogP contribution in [0.5, 0.6) is 0 Å². The normalized spacial score (nSPS) is 14.1. The van der Waals surface area contributed by atoms with Crippen LogP contribution in [0.25, 0.3) is 77.6 Å². The smallest absolute Gasteiger partial charge is 0.143 e. The first-order valence-corrected chi connectivity index (χ1v) is 21.8. The Hall–Kier alpha value is -7.42. The molecule has 2 aliphatic carbocycles. The summed E-state index contributed by atoms with van der Waals surface area (Å²) in [4.78, 5) is 2.49. The summed E-state index contributed by atoms with van der Waals surface area (Å²) in [6, 6.07) is 73.5. The van der Waals surface area contributed by atoms with Crippen LogP contribution < -0.4 is 4.90 Å². The second-order valence-corrected chi connectivity index (χ2v) is 18.1. The molecule has 10 aromatic rings. The van der Waals surface area contributed by atoms with Gasteiger partial charge in [0.25, 0.3) is 0 Å². The first kappa shape index (κ1) is 36.4. The topological polar surface area (TPSA) is 16.4 Å². The third kappa shape index (κ3) is 5.43. The fourth-order valence-electron chi connectivity index (χ4n) is 10.6. The number of anilines is 3. The molecule has 0 unspecified atom stereocenters. The molecule has 0 saturated heterocycles. The average molecular weight is 796 g/mol. The maximum Gasteiger partial charge on any atom is 0.143 e.